The maximum atomic E-state index is 13.1. The molecule has 2 aromatic rings. The molecule has 0 bridgehead atoms. The van der Waals surface area contributed by atoms with Crippen LogP contribution in [0.1, 0.15) is 46.8 Å². The first-order chi connectivity index (χ1) is 12.8. The average Bonchev–Trinajstić information content (AvgIpc) is 3.24. The van der Waals surface area contributed by atoms with Crippen LogP contribution in [-0.2, 0) is 28.1 Å². The van der Waals surface area contributed by atoms with Gasteiger partial charge in [0.15, 0.2) is 15.6 Å². The lowest BCUT2D eigenvalue weighted by Crippen LogP contribution is -2.21. The summed E-state index contributed by atoms with van der Waals surface area (Å²) in [4.78, 5) is 30.4. The molecular weight excluding hydrogens is 370 g/mol. The van der Waals surface area contributed by atoms with Crippen LogP contribution in [0, 0.1) is 0 Å². The molecule has 0 amide bonds. The summed E-state index contributed by atoms with van der Waals surface area (Å²) in [6, 6.07) is 2.89. The zero-order valence-corrected chi connectivity index (χ0v) is 16.2. The van der Waals surface area contributed by atoms with Crippen molar-refractivity contribution >= 4 is 21.3 Å². The van der Waals surface area contributed by atoms with Gasteiger partial charge in [-0.25, -0.2) is 8.42 Å². The Bertz CT molecular complexity index is 1090. The van der Waals surface area contributed by atoms with Gasteiger partial charge in [-0.3, -0.25) is 14.3 Å². The van der Waals surface area contributed by atoms with E-state index in [9.17, 15) is 18.0 Å². The lowest BCUT2D eigenvalue weighted by Gasteiger charge is -2.16. The van der Waals surface area contributed by atoms with Crippen LogP contribution in [0.5, 0.6) is 0 Å². The van der Waals surface area contributed by atoms with Crippen LogP contribution in [0.2, 0.25) is 0 Å². The van der Waals surface area contributed by atoms with Gasteiger partial charge >= 0.3 is 0 Å². The fourth-order valence-electron chi connectivity index (χ4n) is 3.23. The van der Waals surface area contributed by atoms with E-state index in [1.165, 1.54) is 30.1 Å². The number of hydrogen-bond donors (Lipinski definition) is 1. The van der Waals surface area contributed by atoms with Gasteiger partial charge in [0.05, 0.1) is 10.6 Å². The standard InChI is InChI=1S/C18H21N3O5S/c1-4-5-11-12(17(22)13-10-19-21(2)18(13)23)6-7-15(27(3,24)25)16(11)14-8-9-26-20-14/h6-7,10,19H,4-5,8-9H2,1-3H3. The Balaban J connectivity index is 2.29. The number of carbonyl (C=O) groups excluding carboxylic acids is 1. The number of sulfone groups is 1. The summed E-state index contributed by atoms with van der Waals surface area (Å²) in [7, 11) is -2.02. The number of oxime groups is 1. The van der Waals surface area contributed by atoms with Gasteiger partial charge in [-0.05, 0) is 24.1 Å². The fourth-order valence-corrected chi connectivity index (χ4v) is 4.15. The second kappa shape index (κ2) is 7.15. The predicted octanol–water partition coefficient (Wildman–Crippen LogP) is 1.42. The van der Waals surface area contributed by atoms with Gasteiger partial charge in [0, 0.05) is 37.0 Å². The summed E-state index contributed by atoms with van der Waals surface area (Å²) >= 11 is 0. The van der Waals surface area contributed by atoms with Crippen LogP contribution in [-0.4, -0.2) is 42.6 Å². The predicted molar refractivity (Wildman–Crippen MR) is 100 cm³/mol. The van der Waals surface area contributed by atoms with Gasteiger partial charge in [-0.15, -0.1) is 0 Å². The van der Waals surface area contributed by atoms with Gasteiger partial charge in [0.2, 0.25) is 0 Å². The lowest BCUT2D eigenvalue weighted by atomic mass is 9.90. The third-order valence-electron chi connectivity index (χ3n) is 4.49. The minimum Gasteiger partial charge on any atom is -0.395 e. The molecule has 0 fully saturated rings. The Labute approximate surface area is 156 Å². The summed E-state index contributed by atoms with van der Waals surface area (Å²) in [6.45, 7) is 2.30. The van der Waals surface area contributed by atoms with Crippen molar-refractivity contribution in [3.05, 3.63) is 50.9 Å². The number of benzene rings is 1. The number of aromatic nitrogens is 2. The Kier molecular flexibility index (Phi) is 5.05. The van der Waals surface area contributed by atoms with Crippen LogP contribution in [0.25, 0.3) is 0 Å². The minimum atomic E-state index is -3.54. The quantitative estimate of drug-likeness (QED) is 0.749. The molecule has 1 aliphatic rings. The molecule has 2 heterocycles. The number of ketones is 1. The van der Waals surface area contributed by atoms with Crippen LogP contribution < -0.4 is 5.56 Å². The molecule has 1 aromatic carbocycles. The third kappa shape index (κ3) is 3.46. The molecule has 0 saturated carbocycles. The van der Waals surface area contributed by atoms with Gasteiger partial charge in [0.25, 0.3) is 5.56 Å². The van der Waals surface area contributed by atoms with Gasteiger partial charge in [0.1, 0.15) is 12.2 Å². The van der Waals surface area contributed by atoms with E-state index in [1.807, 2.05) is 6.92 Å². The maximum Gasteiger partial charge on any atom is 0.277 e. The van der Waals surface area contributed by atoms with E-state index in [4.69, 9.17) is 4.84 Å². The van der Waals surface area contributed by atoms with E-state index in [0.717, 1.165) is 6.26 Å². The van der Waals surface area contributed by atoms with E-state index in [1.54, 1.807) is 0 Å². The Morgan fingerprint density at radius 3 is 2.59 bits per heavy atom. The zero-order chi connectivity index (χ0) is 19.8. The molecule has 0 aliphatic carbocycles. The van der Waals surface area contributed by atoms with Crippen molar-refractivity contribution in [2.75, 3.05) is 12.9 Å². The SMILES string of the molecule is CCCc1c(C(=O)c2c[nH]n(C)c2=O)ccc(S(C)(=O)=O)c1C1=NOCC1. The van der Waals surface area contributed by atoms with E-state index < -0.39 is 21.2 Å². The number of hydrogen-bond acceptors (Lipinski definition) is 6. The first-order valence-corrected chi connectivity index (χ1v) is 10.5. The molecule has 1 aliphatic heterocycles. The molecule has 0 spiro atoms. The molecular formula is C18H21N3O5S. The molecule has 1 N–H and O–H groups in total. The molecule has 27 heavy (non-hydrogen) atoms. The van der Waals surface area contributed by atoms with Crippen molar-refractivity contribution in [3.8, 4) is 0 Å². The number of nitrogens with zero attached hydrogens (tertiary/aromatic N) is 2. The average molecular weight is 391 g/mol. The first-order valence-electron chi connectivity index (χ1n) is 8.60. The molecule has 0 unspecified atom stereocenters. The molecule has 0 saturated heterocycles. The topological polar surface area (TPSA) is 111 Å². The smallest absolute Gasteiger partial charge is 0.277 e. The summed E-state index contributed by atoms with van der Waals surface area (Å²) in [5, 5.41) is 6.67. The number of nitrogens with one attached hydrogen (secondary N) is 1. The fraction of sp³-hybridized carbons (Fsp3) is 0.389. The second-order valence-electron chi connectivity index (χ2n) is 6.49. The molecule has 0 atom stereocenters. The monoisotopic (exact) mass is 391 g/mol. The van der Waals surface area contributed by atoms with Crippen molar-refractivity contribution in [1.29, 1.82) is 0 Å². The van der Waals surface area contributed by atoms with Crippen molar-refractivity contribution in [3.63, 3.8) is 0 Å². The van der Waals surface area contributed by atoms with Gasteiger partial charge in [-0.1, -0.05) is 18.5 Å². The Hall–Kier alpha value is -2.68. The highest BCUT2D eigenvalue weighted by atomic mass is 32.2. The van der Waals surface area contributed by atoms with E-state index >= 15 is 0 Å². The Morgan fingerprint density at radius 1 is 1.33 bits per heavy atom. The summed E-state index contributed by atoms with van der Waals surface area (Å²) in [5.41, 5.74) is 1.41. The molecule has 0 radical (unpaired) electrons. The van der Waals surface area contributed by atoms with Gasteiger partial charge < -0.3 is 9.94 Å². The van der Waals surface area contributed by atoms with E-state index in [-0.39, 0.29) is 10.5 Å². The molecule has 3 rings (SSSR count). The van der Waals surface area contributed by atoms with Crippen LogP contribution in [0.3, 0.4) is 0 Å². The molecule has 8 nitrogen and oxygen atoms in total. The summed E-state index contributed by atoms with van der Waals surface area (Å²) in [5.74, 6) is -0.443. The first kappa shape index (κ1) is 19.1. The minimum absolute atomic E-state index is 0.0116. The third-order valence-corrected chi connectivity index (χ3v) is 5.63. The molecule has 1 aromatic heterocycles. The normalized spacial score (nSPS) is 14.1. The van der Waals surface area contributed by atoms with Gasteiger partial charge in [-0.2, -0.15) is 0 Å². The summed E-state index contributed by atoms with van der Waals surface area (Å²) < 4.78 is 25.9. The number of aryl methyl sites for hydroxylation is 1. The molecule has 144 valence electrons. The largest absolute Gasteiger partial charge is 0.395 e. The Morgan fingerprint density at radius 2 is 2.07 bits per heavy atom. The van der Waals surface area contributed by atoms with Crippen molar-refractivity contribution in [2.45, 2.75) is 31.1 Å². The van der Waals surface area contributed by atoms with Crippen molar-refractivity contribution < 1.29 is 18.0 Å². The van der Waals surface area contributed by atoms with Crippen LogP contribution in [0.15, 0.2) is 33.2 Å². The van der Waals surface area contributed by atoms with Crippen molar-refractivity contribution in [1.82, 2.24) is 9.78 Å². The number of rotatable bonds is 6. The highest BCUT2D eigenvalue weighted by molar-refractivity contribution is 7.90. The maximum absolute atomic E-state index is 13.1. The zero-order valence-electron chi connectivity index (χ0n) is 15.4. The highest BCUT2D eigenvalue weighted by Crippen LogP contribution is 2.29. The van der Waals surface area contributed by atoms with E-state index in [0.29, 0.717) is 48.3 Å². The number of H-pyrrole nitrogens is 1. The number of aromatic amines is 1. The van der Waals surface area contributed by atoms with E-state index in [2.05, 4.69) is 10.3 Å². The highest BCUT2D eigenvalue weighted by Gasteiger charge is 2.28. The number of carbonyl (C=O) groups is 1. The second-order valence-corrected chi connectivity index (χ2v) is 8.47. The molecule has 9 heteroatoms. The summed E-state index contributed by atoms with van der Waals surface area (Å²) in [6.07, 6.45) is 4.12. The van der Waals surface area contributed by atoms with Crippen molar-refractivity contribution in [2.24, 2.45) is 12.2 Å². The van der Waals surface area contributed by atoms with Crippen LogP contribution in [0.4, 0.5) is 0 Å². The van der Waals surface area contributed by atoms with Crippen LogP contribution >= 0.6 is 0 Å². The lowest BCUT2D eigenvalue weighted by molar-refractivity contribution is 0.103.